The maximum atomic E-state index is 13.1. The summed E-state index contributed by atoms with van der Waals surface area (Å²) in [6.45, 7) is 9.45. The van der Waals surface area contributed by atoms with E-state index in [0.717, 1.165) is 58.6 Å². The summed E-state index contributed by atoms with van der Waals surface area (Å²) in [6.07, 6.45) is 2.80. The average molecular weight is 516 g/mol. The molecule has 4 rings (SSSR count). The number of rotatable bonds is 10. The molecule has 0 radical (unpaired) electrons. The van der Waals surface area contributed by atoms with Gasteiger partial charge >= 0.3 is 0 Å². The lowest BCUT2D eigenvalue weighted by Gasteiger charge is -2.41. The smallest absolute Gasteiger partial charge is 0.253 e. The Labute approximate surface area is 224 Å². The van der Waals surface area contributed by atoms with E-state index in [9.17, 15) is 9.59 Å². The van der Waals surface area contributed by atoms with Crippen molar-refractivity contribution in [2.45, 2.75) is 13.3 Å². The largest absolute Gasteiger partial charge is 0.497 e. The van der Waals surface area contributed by atoms with Crippen molar-refractivity contribution in [1.29, 1.82) is 0 Å². The molecule has 0 aromatic heterocycles. The van der Waals surface area contributed by atoms with Gasteiger partial charge in [-0.05, 0) is 58.3 Å². The van der Waals surface area contributed by atoms with Gasteiger partial charge < -0.3 is 24.6 Å². The third-order valence-corrected chi connectivity index (χ3v) is 7.07. The van der Waals surface area contributed by atoms with Crippen LogP contribution in [0.4, 0.5) is 0 Å². The van der Waals surface area contributed by atoms with Gasteiger partial charge in [-0.15, -0.1) is 0 Å². The number of methoxy groups -OCH3 is 2. The first kappa shape index (κ1) is 27.2. The highest BCUT2D eigenvalue weighted by Gasteiger charge is 2.31. The van der Waals surface area contributed by atoms with Gasteiger partial charge in [-0.1, -0.05) is 31.7 Å². The van der Waals surface area contributed by atoms with Crippen LogP contribution in [-0.2, 0) is 11.2 Å². The molecule has 1 aliphatic heterocycles. The topological polar surface area (TPSA) is 71.1 Å². The number of carbonyl (C=O) groups is 2. The minimum Gasteiger partial charge on any atom is -0.497 e. The summed E-state index contributed by atoms with van der Waals surface area (Å²) in [7, 11) is 5.30. The normalized spacial score (nSPS) is 13.9. The van der Waals surface area contributed by atoms with Gasteiger partial charge in [0.05, 0.1) is 13.7 Å². The van der Waals surface area contributed by atoms with E-state index < -0.39 is 0 Å². The van der Waals surface area contributed by atoms with Crippen LogP contribution in [0, 0.1) is 5.92 Å². The molecule has 38 heavy (non-hydrogen) atoms. The third kappa shape index (κ3) is 6.00. The molecule has 1 heterocycles. The summed E-state index contributed by atoms with van der Waals surface area (Å²) < 4.78 is 10.3. The first-order chi connectivity index (χ1) is 18.3. The maximum absolute atomic E-state index is 13.1. The minimum atomic E-state index is -0.0998. The zero-order chi connectivity index (χ0) is 27.2. The fourth-order valence-electron chi connectivity index (χ4n) is 5.03. The molecule has 7 nitrogen and oxygen atoms in total. The number of benzene rings is 3. The first-order valence-electron chi connectivity index (χ1n) is 13.0. The highest BCUT2D eigenvalue weighted by atomic mass is 16.5. The van der Waals surface area contributed by atoms with Crippen LogP contribution in [0.25, 0.3) is 23.6 Å². The molecule has 200 valence electrons. The van der Waals surface area contributed by atoms with Crippen molar-refractivity contribution in [3.05, 3.63) is 75.7 Å². The predicted molar refractivity (Wildman–Crippen MR) is 152 cm³/mol. The number of hydrogen-bond donors (Lipinski definition) is 1. The zero-order valence-electron chi connectivity index (χ0n) is 22.8. The molecule has 0 unspecified atom stereocenters. The van der Waals surface area contributed by atoms with E-state index in [0.29, 0.717) is 30.2 Å². The zero-order valence-corrected chi connectivity index (χ0v) is 22.8. The number of fused-ring (bicyclic) bond motifs is 1. The predicted octanol–water partition coefficient (Wildman–Crippen LogP) is 2.64. The van der Waals surface area contributed by atoms with Gasteiger partial charge in [0.15, 0.2) is 0 Å². The van der Waals surface area contributed by atoms with Crippen molar-refractivity contribution in [2.24, 2.45) is 5.92 Å². The van der Waals surface area contributed by atoms with Crippen LogP contribution in [-0.4, -0.2) is 75.7 Å². The van der Waals surface area contributed by atoms with Crippen LogP contribution in [0.15, 0.2) is 48.5 Å². The van der Waals surface area contributed by atoms with Gasteiger partial charge in [0, 0.05) is 68.8 Å². The molecule has 0 spiro atoms. The number of likely N-dealkylation sites (tertiary alicyclic amines) is 1. The molecule has 0 bridgehead atoms. The molecule has 1 N–H and O–H groups in total. The Morgan fingerprint density at radius 3 is 2.55 bits per heavy atom. The number of hydrogen-bond acceptors (Lipinski definition) is 5. The van der Waals surface area contributed by atoms with E-state index >= 15 is 0 Å². The highest BCUT2D eigenvalue weighted by Crippen LogP contribution is 2.25. The Bertz CT molecular complexity index is 1430. The lowest BCUT2D eigenvalue weighted by molar-refractivity contribution is 0.0468. The minimum absolute atomic E-state index is 0.0612. The summed E-state index contributed by atoms with van der Waals surface area (Å²) in [5.74, 6) is 1.14. The van der Waals surface area contributed by atoms with Crippen molar-refractivity contribution in [3.63, 3.8) is 0 Å². The van der Waals surface area contributed by atoms with Crippen LogP contribution in [0.1, 0.15) is 33.2 Å². The fourth-order valence-corrected chi connectivity index (χ4v) is 5.03. The molecular weight excluding hydrogens is 478 g/mol. The second kappa shape index (κ2) is 12.1. The monoisotopic (exact) mass is 515 g/mol. The van der Waals surface area contributed by atoms with Crippen molar-refractivity contribution in [3.8, 4) is 5.75 Å². The molecule has 0 saturated carbocycles. The maximum Gasteiger partial charge on any atom is 0.253 e. The van der Waals surface area contributed by atoms with E-state index in [1.165, 1.54) is 0 Å². The van der Waals surface area contributed by atoms with Crippen LogP contribution < -0.4 is 20.5 Å². The SMILES string of the molecule is C=c1ccc(C(=O)NCCOC)c(CC)/c1=C/N(C)CC1CN(C(=O)c2ccc3cc(OC)ccc3c2)C1. The summed E-state index contributed by atoms with van der Waals surface area (Å²) in [5, 5.41) is 6.86. The molecule has 3 aromatic rings. The summed E-state index contributed by atoms with van der Waals surface area (Å²) >= 11 is 0. The molecule has 3 aromatic carbocycles. The molecule has 1 saturated heterocycles. The van der Waals surface area contributed by atoms with Crippen LogP contribution in [0.5, 0.6) is 5.75 Å². The number of nitrogens with zero attached hydrogens (tertiary/aromatic N) is 2. The van der Waals surface area contributed by atoms with Gasteiger partial charge in [0.2, 0.25) is 0 Å². The quantitative estimate of drug-likeness (QED) is 0.421. The van der Waals surface area contributed by atoms with Gasteiger partial charge in [-0.25, -0.2) is 0 Å². The van der Waals surface area contributed by atoms with Crippen molar-refractivity contribution in [2.75, 3.05) is 54.1 Å². The standard InChI is InChI=1S/C31H37N3O4/c1-6-27-28(30(35)32-13-14-37-4)12-7-21(2)29(27)20-33(3)17-22-18-34(19-22)31(36)25-9-8-24-16-26(38-5)11-10-23(24)15-25/h7-12,15-16,20,22H,2,6,13-14,17-19H2,1,3-5H3,(H,32,35)/b29-20+. The van der Waals surface area contributed by atoms with Gasteiger partial charge in [-0.2, -0.15) is 0 Å². The Kier molecular flexibility index (Phi) is 8.69. The molecule has 7 heteroatoms. The van der Waals surface area contributed by atoms with E-state index in [2.05, 4.69) is 29.9 Å². The van der Waals surface area contributed by atoms with Crippen molar-refractivity contribution >= 4 is 35.4 Å². The molecule has 1 aliphatic rings. The lowest BCUT2D eigenvalue weighted by Crippen LogP contribution is -2.53. The second-order valence-corrected chi connectivity index (χ2v) is 9.84. The summed E-state index contributed by atoms with van der Waals surface area (Å²) in [5.41, 5.74) is 2.36. The van der Waals surface area contributed by atoms with E-state index in [1.54, 1.807) is 14.2 Å². The number of carbonyl (C=O) groups excluding carboxylic acids is 2. The average Bonchev–Trinajstić information content (AvgIpc) is 2.90. The molecule has 0 aliphatic carbocycles. The fraction of sp³-hybridized carbons (Fsp3) is 0.355. The van der Waals surface area contributed by atoms with Crippen LogP contribution in [0.3, 0.4) is 0 Å². The Morgan fingerprint density at radius 1 is 1.11 bits per heavy atom. The van der Waals surface area contributed by atoms with Gasteiger partial charge in [0.25, 0.3) is 11.8 Å². The molecular formula is C31H37N3O4. The number of amides is 2. The Hall–Kier alpha value is -3.84. The van der Waals surface area contributed by atoms with Gasteiger partial charge in [0.1, 0.15) is 5.75 Å². The van der Waals surface area contributed by atoms with Crippen molar-refractivity contribution < 1.29 is 19.1 Å². The third-order valence-electron chi connectivity index (χ3n) is 7.07. The van der Waals surface area contributed by atoms with Crippen LogP contribution in [0.2, 0.25) is 0 Å². The molecule has 2 amide bonds. The summed E-state index contributed by atoms with van der Waals surface area (Å²) in [4.78, 5) is 29.9. The lowest BCUT2D eigenvalue weighted by atomic mass is 9.97. The summed E-state index contributed by atoms with van der Waals surface area (Å²) in [6, 6.07) is 15.4. The van der Waals surface area contributed by atoms with Crippen molar-refractivity contribution in [1.82, 2.24) is 15.1 Å². The Balaban J connectivity index is 1.40. The number of ether oxygens (including phenoxy) is 2. The van der Waals surface area contributed by atoms with Gasteiger partial charge in [-0.3, -0.25) is 9.59 Å². The van der Waals surface area contributed by atoms with E-state index in [-0.39, 0.29) is 11.8 Å². The number of nitrogens with one attached hydrogen (secondary N) is 1. The van der Waals surface area contributed by atoms with E-state index in [1.807, 2.05) is 60.5 Å². The molecule has 1 fully saturated rings. The molecule has 0 atom stereocenters. The highest BCUT2D eigenvalue weighted by molar-refractivity contribution is 5.99. The van der Waals surface area contributed by atoms with Crippen LogP contribution >= 0.6 is 0 Å². The van der Waals surface area contributed by atoms with E-state index in [4.69, 9.17) is 9.47 Å². The second-order valence-electron chi connectivity index (χ2n) is 9.84. The first-order valence-corrected chi connectivity index (χ1v) is 13.0. The Morgan fingerprint density at radius 2 is 1.84 bits per heavy atom.